The van der Waals surface area contributed by atoms with Crippen LogP contribution in [0.25, 0.3) is 10.4 Å². The highest BCUT2D eigenvalue weighted by atomic mass is 79.9. The molecule has 0 radical (unpaired) electrons. The first-order valence-corrected chi connectivity index (χ1v) is 5.67. The monoisotopic (exact) mass is 298 g/mol. The van der Waals surface area contributed by atoms with Crippen molar-refractivity contribution in [2.75, 3.05) is 13.1 Å². The lowest BCUT2D eigenvalue weighted by Gasteiger charge is -2.14. The van der Waals surface area contributed by atoms with E-state index in [9.17, 15) is 4.79 Å². The molecule has 90 valence electrons. The van der Waals surface area contributed by atoms with Crippen LogP contribution in [0.1, 0.15) is 11.6 Å². The second-order valence-corrected chi connectivity index (χ2v) is 4.15. The zero-order valence-electron chi connectivity index (χ0n) is 8.88. The zero-order chi connectivity index (χ0) is 12.7. The quantitative estimate of drug-likeness (QED) is 0.365. The van der Waals surface area contributed by atoms with E-state index in [1.54, 1.807) is 24.3 Å². The Bertz CT molecular complexity index is 428. The number of halogens is 1. The summed E-state index contributed by atoms with van der Waals surface area (Å²) in [5.41, 5.74) is 8.75. The number of hydrogen-bond donors (Lipinski definition) is 2. The Hall–Kier alpha value is -1.56. The largest absolute Gasteiger partial charge is 0.480 e. The number of azide groups is 1. The van der Waals surface area contributed by atoms with Crippen molar-refractivity contribution >= 4 is 21.9 Å². The summed E-state index contributed by atoms with van der Waals surface area (Å²) in [7, 11) is 0. The van der Waals surface area contributed by atoms with Gasteiger partial charge in [0.15, 0.2) is 0 Å². The molecule has 0 aliphatic heterocycles. The molecule has 0 fully saturated rings. The van der Waals surface area contributed by atoms with Crippen molar-refractivity contribution in [3.8, 4) is 0 Å². The van der Waals surface area contributed by atoms with E-state index >= 15 is 0 Å². The van der Waals surface area contributed by atoms with Crippen LogP contribution in [0.15, 0.2) is 33.9 Å². The van der Waals surface area contributed by atoms with Crippen LogP contribution in [-0.2, 0) is 4.79 Å². The standard InChI is InChI=1S/C10H11BrN4O2/c11-8-3-1-7(2-4-8)9(10(16)17)13-5-6-14-15-12/h1-4,9,13H,5-6H2,(H,16,17). The predicted molar refractivity (Wildman–Crippen MR) is 66.5 cm³/mol. The third kappa shape index (κ3) is 4.44. The van der Waals surface area contributed by atoms with Gasteiger partial charge < -0.3 is 10.4 Å². The molecule has 0 spiro atoms. The number of carboxylic acids is 1. The van der Waals surface area contributed by atoms with Crippen LogP contribution in [0.4, 0.5) is 0 Å². The Morgan fingerprint density at radius 3 is 2.71 bits per heavy atom. The SMILES string of the molecule is [N-]=[N+]=NCCNC(C(=O)O)c1ccc(Br)cc1. The van der Waals surface area contributed by atoms with Crippen molar-refractivity contribution < 1.29 is 9.90 Å². The van der Waals surface area contributed by atoms with Crippen LogP contribution in [0.3, 0.4) is 0 Å². The number of nitrogens with zero attached hydrogens (tertiary/aromatic N) is 3. The average molecular weight is 299 g/mol. The summed E-state index contributed by atoms with van der Waals surface area (Å²) in [5.74, 6) is -0.965. The van der Waals surface area contributed by atoms with Crippen molar-refractivity contribution in [3.05, 3.63) is 44.7 Å². The summed E-state index contributed by atoms with van der Waals surface area (Å²) >= 11 is 3.28. The van der Waals surface area contributed by atoms with Crippen molar-refractivity contribution in [1.82, 2.24) is 5.32 Å². The van der Waals surface area contributed by atoms with E-state index in [0.717, 1.165) is 4.47 Å². The van der Waals surface area contributed by atoms with Crippen LogP contribution >= 0.6 is 15.9 Å². The van der Waals surface area contributed by atoms with Gasteiger partial charge in [-0.25, -0.2) is 0 Å². The Balaban J connectivity index is 2.68. The van der Waals surface area contributed by atoms with Crippen LogP contribution in [-0.4, -0.2) is 24.2 Å². The topological polar surface area (TPSA) is 98.1 Å². The zero-order valence-corrected chi connectivity index (χ0v) is 10.5. The van der Waals surface area contributed by atoms with Crippen LogP contribution in [0.5, 0.6) is 0 Å². The summed E-state index contributed by atoms with van der Waals surface area (Å²) in [4.78, 5) is 13.7. The summed E-state index contributed by atoms with van der Waals surface area (Å²) in [6.45, 7) is 0.536. The van der Waals surface area contributed by atoms with Crippen molar-refractivity contribution in [1.29, 1.82) is 0 Å². The predicted octanol–water partition coefficient (Wildman–Crippen LogP) is 2.47. The van der Waals surface area contributed by atoms with Gasteiger partial charge in [0.05, 0.1) is 0 Å². The molecule has 2 N–H and O–H groups in total. The molecule has 0 amide bonds. The fourth-order valence-corrected chi connectivity index (χ4v) is 1.57. The first-order chi connectivity index (χ1) is 8.15. The van der Waals surface area contributed by atoms with Gasteiger partial charge in [0, 0.05) is 22.5 Å². The van der Waals surface area contributed by atoms with Crippen molar-refractivity contribution in [2.24, 2.45) is 5.11 Å². The number of hydrogen-bond acceptors (Lipinski definition) is 3. The van der Waals surface area contributed by atoms with Gasteiger partial charge in [-0.2, -0.15) is 0 Å². The van der Waals surface area contributed by atoms with Gasteiger partial charge in [0.25, 0.3) is 0 Å². The molecule has 1 atom stereocenters. The third-order valence-electron chi connectivity index (χ3n) is 2.07. The molecule has 17 heavy (non-hydrogen) atoms. The smallest absolute Gasteiger partial charge is 0.325 e. The number of carboxylic acid groups (broad SMARTS) is 1. The highest BCUT2D eigenvalue weighted by Gasteiger charge is 2.18. The van der Waals surface area contributed by atoms with Gasteiger partial charge in [0.2, 0.25) is 0 Å². The lowest BCUT2D eigenvalue weighted by molar-refractivity contribution is -0.139. The Morgan fingerprint density at radius 1 is 1.53 bits per heavy atom. The molecule has 1 aromatic carbocycles. The van der Waals surface area contributed by atoms with Crippen LogP contribution < -0.4 is 5.32 Å². The van der Waals surface area contributed by atoms with E-state index in [-0.39, 0.29) is 6.54 Å². The third-order valence-corrected chi connectivity index (χ3v) is 2.60. The lowest BCUT2D eigenvalue weighted by Crippen LogP contribution is -2.30. The molecule has 1 aromatic rings. The number of benzene rings is 1. The summed E-state index contributed by atoms with van der Waals surface area (Å²) in [5, 5.41) is 15.2. The van der Waals surface area contributed by atoms with E-state index in [2.05, 4.69) is 31.3 Å². The maximum atomic E-state index is 11.1. The number of rotatable bonds is 6. The highest BCUT2D eigenvalue weighted by molar-refractivity contribution is 9.10. The minimum atomic E-state index is -0.965. The van der Waals surface area contributed by atoms with E-state index in [4.69, 9.17) is 10.6 Å². The average Bonchev–Trinajstić information content (AvgIpc) is 2.30. The Labute approximate surface area is 106 Å². The molecule has 1 unspecified atom stereocenters. The second-order valence-electron chi connectivity index (χ2n) is 3.23. The normalized spacial score (nSPS) is 11.6. The maximum Gasteiger partial charge on any atom is 0.325 e. The Kier molecular flexibility index (Phi) is 5.48. The molecule has 0 saturated heterocycles. The lowest BCUT2D eigenvalue weighted by atomic mass is 10.1. The van der Waals surface area contributed by atoms with E-state index < -0.39 is 12.0 Å². The first-order valence-electron chi connectivity index (χ1n) is 4.87. The molecule has 0 aromatic heterocycles. The molecule has 0 heterocycles. The molecule has 0 saturated carbocycles. The van der Waals surface area contributed by atoms with E-state index in [1.807, 2.05) is 0 Å². The molecule has 7 heteroatoms. The van der Waals surface area contributed by atoms with Crippen molar-refractivity contribution in [3.63, 3.8) is 0 Å². The van der Waals surface area contributed by atoms with Crippen LogP contribution in [0.2, 0.25) is 0 Å². The molecular weight excluding hydrogens is 288 g/mol. The van der Waals surface area contributed by atoms with Gasteiger partial charge in [-0.1, -0.05) is 33.2 Å². The first kappa shape index (κ1) is 13.5. The second kappa shape index (κ2) is 6.90. The molecule has 0 bridgehead atoms. The summed E-state index contributed by atoms with van der Waals surface area (Å²) in [6.07, 6.45) is 0. The Morgan fingerprint density at radius 2 is 2.18 bits per heavy atom. The molecular formula is C10H11BrN4O2. The maximum absolute atomic E-state index is 11.1. The van der Waals surface area contributed by atoms with Crippen molar-refractivity contribution in [2.45, 2.75) is 6.04 Å². The van der Waals surface area contributed by atoms with Gasteiger partial charge in [0.1, 0.15) is 6.04 Å². The van der Waals surface area contributed by atoms with Gasteiger partial charge in [-0.15, -0.1) is 0 Å². The van der Waals surface area contributed by atoms with E-state index in [0.29, 0.717) is 12.1 Å². The van der Waals surface area contributed by atoms with E-state index in [1.165, 1.54) is 0 Å². The van der Waals surface area contributed by atoms with Gasteiger partial charge >= 0.3 is 5.97 Å². The minimum absolute atomic E-state index is 0.219. The fraction of sp³-hybridized carbons (Fsp3) is 0.300. The molecule has 1 rings (SSSR count). The molecule has 0 aliphatic carbocycles. The number of carbonyl (C=O) groups is 1. The number of aliphatic carboxylic acids is 1. The molecule has 6 nitrogen and oxygen atoms in total. The summed E-state index contributed by atoms with van der Waals surface area (Å²) < 4.78 is 0.888. The van der Waals surface area contributed by atoms with Crippen LogP contribution in [0, 0.1) is 0 Å². The fourth-order valence-electron chi connectivity index (χ4n) is 1.31. The molecule has 0 aliphatic rings. The number of nitrogens with one attached hydrogen (secondary N) is 1. The van der Waals surface area contributed by atoms with Gasteiger partial charge in [-0.05, 0) is 23.2 Å². The highest BCUT2D eigenvalue weighted by Crippen LogP contribution is 2.17. The van der Waals surface area contributed by atoms with Gasteiger partial charge in [-0.3, -0.25) is 4.79 Å². The minimum Gasteiger partial charge on any atom is -0.480 e. The summed E-state index contributed by atoms with van der Waals surface area (Å²) in [6, 6.07) is 6.21.